The number of hydrogen-bond donors (Lipinski definition) is 0. The van der Waals surface area contributed by atoms with Gasteiger partial charge in [-0.25, -0.2) is 9.67 Å². The molecule has 0 aliphatic carbocycles. The van der Waals surface area contributed by atoms with Gasteiger partial charge in [0.2, 0.25) is 0 Å². The summed E-state index contributed by atoms with van der Waals surface area (Å²) in [5.41, 5.74) is 6.20. The van der Waals surface area contributed by atoms with E-state index in [2.05, 4.69) is 56.8 Å². The normalized spacial score (nSPS) is 11.7. The molecule has 0 spiro atoms. The minimum absolute atomic E-state index is 0.713. The van der Waals surface area contributed by atoms with Crippen molar-refractivity contribution in [2.45, 2.75) is 20.3 Å². The summed E-state index contributed by atoms with van der Waals surface area (Å²) in [7, 11) is 0. The summed E-state index contributed by atoms with van der Waals surface area (Å²) >= 11 is 0. The molecule has 1 aliphatic rings. The van der Waals surface area contributed by atoms with Crippen LogP contribution < -0.4 is 0 Å². The number of aryl methyl sites for hydroxylation is 1. The Morgan fingerprint density at radius 3 is 3.00 bits per heavy atom. The van der Waals surface area contributed by atoms with E-state index < -0.39 is 0 Å². The molecule has 3 heterocycles. The van der Waals surface area contributed by atoms with Crippen LogP contribution in [0.1, 0.15) is 29.6 Å². The van der Waals surface area contributed by atoms with Crippen LogP contribution in [0.4, 0.5) is 0 Å². The highest BCUT2D eigenvalue weighted by molar-refractivity contribution is 5.58. The molecule has 0 fully saturated rings. The zero-order valence-corrected chi connectivity index (χ0v) is 11.8. The minimum Gasteiger partial charge on any atom is -0.299 e. The molecule has 21 heavy (non-hydrogen) atoms. The quantitative estimate of drug-likeness (QED) is 0.461. The number of hydrogen-bond acceptors (Lipinski definition) is 3. The van der Waals surface area contributed by atoms with Crippen molar-refractivity contribution in [1.82, 2.24) is 24.5 Å². The first kappa shape index (κ1) is 11.9. The summed E-state index contributed by atoms with van der Waals surface area (Å²) in [5.74, 6) is 6.00. The number of benzene rings is 1. The Bertz CT molecular complexity index is 904. The van der Waals surface area contributed by atoms with E-state index in [9.17, 15) is 0 Å². The standard InChI is InChI=1S/C16H13N5/c1-3-4-13-15-8-12-9-18-19-21(12)16-7-11(2)5-6-14(16)20(15)10-17-13/h5-7,9-10H,8H2,1-2H3. The van der Waals surface area contributed by atoms with Gasteiger partial charge in [-0.2, -0.15) is 0 Å². The number of fused-ring (bicyclic) bond motifs is 5. The summed E-state index contributed by atoms with van der Waals surface area (Å²) < 4.78 is 4.00. The van der Waals surface area contributed by atoms with Crippen LogP contribution in [0.3, 0.4) is 0 Å². The molecule has 0 amide bonds. The lowest BCUT2D eigenvalue weighted by Gasteiger charge is -2.10. The molecule has 0 saturated heterocycles. The van der Waals surface area contributed by atoms with Gasteiger partial charge in [0.05, 0.1) is 29.0 Å². The van der Waals surface area contributed by atoms with Gasteiger partial charge in [0.25, 0.3) is 0 Å². The largest absolute Gasteiger partial charge is 0.299 e. The summed E-state index contributed by atoms with van der Waals surface area (Å²) in [6, 6.07) is 6.30. The van der Waals surface area contributed by atoms with E-state index in [1.807, 2.05) is 17.9 Å². The molecule has 1 aliphatic heterocycles. The van der Waals surface area contributed by atoms with Crippen LogP contribution in [0.25, 0.3) is 11.4 Å². The van der Waals surface area contributed by atoms with Crippen LogP contribution >= 0.6 is 0 Å². The molecule has 0 unspecified atom stereocenters. The van der Waals surface area contributed by atoms with Gasteiger partial charge >= 0.3 is 0 Å². The summed E-state index contributed by atoms with van der Waals surface area (Å²) in [6.45, 7) is 3.90. The van der Waals surface area contributed by atoms with Crippen molar-refractivity contribution in [2.75, 3.05) is 0 Å². The van der Waals surface area contributed by atoms with Gasteiger partial charge in [-0.15, -0.1) is 5.10 Å². The highest BCUT2D eigenvalue weighted by Crippen LogP contribution is 2.28. The third-order valence-corrected chi connectivity index (χ3v) is 3.70. The molecule has 2 aromatic heterocycles. The molecule has 0 atom stereocenters. The molecule has 0 radical (unpaired) electrons. The lowest BCUT2D eigenvalue weighted by Crippen LogP contribution is -2.03. The van der Waals surface area contributed by atoms with E-state index in [1.54, 1.807) is 6.20 Å². The van der Waals surface area contributed by atoms with E-state index in [0.29, 0.717) is 6.42 Å². The molecule has 3 aromatic rings. The monoisotopic (exact) mass is 275 g/mol. The first-order valence-electron chi connectivity index (χ1n) is 6.78. The fourth-order valence-electron chi connectivity index (χ4n) is 2.73. The smallest absolute Gasteiger partial charge is 0.135 e. The van der Waals surface area contributed by atoms with Gasteiger partial charge < -0.3 is 0 Å². The predicted octanol–water partition coefficient (Wildman–Crippen LogP) is 2.04. The van der Waals surface area contributed by atoms with Crippen molar-refractivity contribution in [3.63, 3.8) is 0 Å². The van der Waals surface area contributed by atoms with Crippen LogP contribution in [-0.2, 0) is 6.42 Å². The van der Waals surface area contributed by atoms with Crippen LogP contribution in [0.15, 0.2) is 30.7 Å². The van der Waals surface area contributed by atoms with Crippen molar-refractivity contribution in [3.8, 4) is 23.2 Å². The van der Waals surface area contributed by atoms with E-state index in [-0.39, 0.29) is 0 Å². The van der Waals surface area contributed by atoms with Crippen molar-refractivity contribution in [3.05, 3.63) is 53.4 Å². The molecule has 0 N–H and O–H groups in total. The van der Waals surface area contributed by atoms with Gasteiger partial charge in [0.15, 0.2) is 0 Å². The highest BCUT2D eigenvalue weighted by atomic mass is 15.4. The maximum atomic E-state index is 4.45. The summed E-state index contributed by atoms with van der Waals surface area (Å²) in [4.78, 5) is 4.45. The van der Waals surface area contributed by atoms with E-state index >= 15 is 0 Å². The molecule has 1 aromatic carbocycles. The number of nitrogens with zero attached hydrogens (tertiary/aromatic N) is 5. The Kier molecular flexibility index (Phi) is 2.45. The van der Waals surface area contributed by atoms with Crippen LogP contribution in [-0.4, -0.2) is 24.5 Å². The van der Waals surface area contributed by atoms with Crippen LogP contribution in [0.5, 0.6) is 0 Å². The maximum Gasteiger partial charge on any atom is 0.135 e. The average molecular weight is 275 g/mol. The SMILES string of the molecule is CC#Cc1ncn2c1Cc1cnnn1-c1cc(C)ccc1-2. The third kappa shape index (κ3) is 1.69. The lowest BCUT2D eigenvalue weighted by atomic mass is 10.2. The first-order chi connectivity index (χ1) is 10.3. The third-order valence-electron chi connectivity index (χ3n) is 3.70. The van der Waals surface area contributed by atoms with Crippen LogP contribution in [0.2, 0.25) is 0 Å². The Hall–Kier alpha value is -2.87. The topological polar surface area (TPSA) is 48.5 Å². The molecule has 0 bridgehead atoms. The van der Waals surface area contributed by atoms with Gasteiger partial charge in [-0.05, 0) is 37.5 Å². The lowest BCUT2D eigenvalue weighted by molar-refractivity contribution is 0.777. The van der Waals surface area contributed by atoms with Gasteiger partial charge in [-0.1, -0.05) is 17.2 Å². The highest BCUT2D eigenvalue weighted by Gasteiger charge is 2.22. The molecule has 102 valence electrons. The molecule has 4 rings (SSSR count). The number of aromatic nitrogens is 5. The van der Waals surface area contributed by atoms with E-state index in [1.165, 1.54) is 5.56 Å². The fourth-order valence-corrected chi connectivity index (χ4v) is 2.73. The Balaban J connectivity index is 2.08. The Labute approximate surface area is 122 Å². The zero-order chi connectivity index (χ0) is 14.4. The Morgan fingerprint density at radius 2 is 2.14 bits per heavy atom. The summed E-state index contributed by atoms with van der Waals surface area (Å²) in [5, 5.41) is 8.29. The second-order valence-electron chi connectivity index (χ2n) is 5.09. The van der Waals surface area contributed by atoms with E-state index in [4.69, 9.17) is 0 Å². The molecule has 5 heteroatoms. The van der Waals surface area contributed by atoms with Crippen LogP contribution in [0, 0.1) is 18.8 Å². The van der Waals surface area contributed by atoms with Crippen molar-refractivity contribution < 1.29 is 0 Å². The minimum atomic E-state index is 0.713. The van der Waals surface area contributed by atoms with Gasteiger partial charge in [0.1, 0.15) is 12.0 Å². The van der Waals surface area contributed by atoms with Gasteiger partial charge in [0, 0.05) is 6.42 Å². The molecule has 5 nitrogen and oxygen atoms in total. The number of rotatable bonds is 0. The first-order valence-corrected chi connectivity index (χ1v) is 6.78. The van der Waals surface area contributed by atoms with Crippen molar-refractivity contribution in [2.24, 2.45) is 0 Å². The number of imidazole rings is 1. The van der Waals surface area contributed by atoms with E-state index in [0.717, 1.165) is 28.5 Å². The second kappa shape index (κ2) is 4.32. The predicted molar refractivity (Wildman–Crippen MR) is 78.6 cm³/mol. The Morgan fingerprint density at radius 1 is 1.24 bits per heavy atom. The second-order valence-corrected chi connectivity index (χ2v) is 5.09. The summed E-state index contributed by atoms with van der Waals surface area (Å²) in [6.07, 6.45) is 4.35. The zero-order valence-electron chi connectivity index (χ0n) is 11.8. The molecular weight excluding hydrogens is 262 g/mol. The van der Waals surface area contributed by atoms with Gasteiger partial charge in [-0.3, -0.25) is 4.57 Å². The van der Waals surface area contributed by atoms with Crippen molar-refractivity contribution in [1.29, 1.82) is 0 Å². The molecule has 0 saturated carbocycles. The fraction of sp³-hybridized carbons (Fsp3) is 0.188. The average Bonchev–Trinajstić information content (AvgIpc) is 3.06. The molecular formula is C16H13N5. The maximum absolute atomic E-state index is 4.45. The van der Waals surface area contributed by atoms with Crippen molar-refractivity contribution >= 4 is 0 Å².